The van der Waals surface area contributed by atoms with E-state index in [-0.39, 0.29) is 12.5 Å². The summed E-state index contributed by atoms with van der Waals surface area (Å²) in [5.74, 6) is 1.16. The number of halogens is 1. The van der Waals surface area contributed by atoms with Crippen molar-refractivity contribution in [3.8, 4) is 23.3 Å². The number of nitrogens with one attached hydrogen (secondary N) is 3. The number of hydrogen-bond donors (Lipinski definition) is 3. The molecule has 0 aliphatic carbocycles. The summed E-state index contributed by atoms with van der Waals surface area (Å²) in [4.78, 5) is 22.9. The fourth-order valence-electron chi connectivity index (χ4n) is 3.53. The highest BCUT2D eigenvalue weighted by atomic mass is 35.5. The fraction of sp³-hybridized carbons (Fsp3) is 0.448. The number of rotatable bonds is 19. The Balaban J connectivity index is 1.71. The minimum absolute atomic E-state index is 0.198. The van der Waals surface area contributed by atoms with Crippen molar-refractivity contribution in [1.82, 2.24) is 16.1 Å². The Morgan fingerprint density at radius 2 is 1.82 bits per heavy atom. The third-order valence-corrected chi connectivity index (χ3v) is 5.78. The van der Waals surface area contributed by atoms with E-state index in [1.165, 1.54) is 0 Å². The Kier molecular flexibility index (Phi) is 15.0. The predicted octanol–water partition coefficient (Wildman–Crippen LogP) is 3.85. The molecule has 0 bridgehead atoms. The van der Waals surface area contributed by atoms with Gasteiger partial charge in [0.1, 0.15) is 29.6 Å². The lowest BCUT2D eigenvalue weighted by molar-refractivity contribution is -0.123. The van der Waals surface area contributed by atoms with E-state index >= 15 is 0 Å². The number of benzene rings is 2. The van der Waals surface area contributed by atoms with Gasteiger partial charge in [-0.1, -0.05) is 25.4 Å². The van der Waals surface area contributed by atoms with E-state index in [4.69, 9.17) is 25.8 Å². The van der Waals surface area contributed by atoms with Crippen molar-refractivity contribution in [3.63, 3.8) is 0 Å². The zero-order valence-corrected chi connectivity index (χ0v) is 24.1. The quantitative estimate of drug-likeness (QED) is 0.100. The van der Waals surface area contributed by atoms with Crippen molar-refractivity contribution < 1.29 is 23.8 Å². The number of amides is 1. The predicted molar refractivity (Wildman–Crippen MR) is 155 cm³/mol. The van der Waals surface area contributed by atoms with E-state index in [9.17, 15) is 14.9 Å². The van der Waals surface area contributed by atoms with Gasteiger partial charge in [0.2, 0.25) is 0 Å². The maximum absolute atomic E-state index is 12.2. The smallest absolute Gasteiger partial charge is 0.257 e. The van der Waals surface area contributed by atoms with Crippen LogP contribution in [-0.4, -0.2) is 63.9 Å². The van der Waals surface area contributed by atoms with Gasteiger partial charge in [-0.15, -0.1) is 0 Å². The topological polar surface area (TPSA) is 134 Å². The molecule has 0 radical (unpaired) electrons. The normalized spacial score (nSPS) is 11.1. The molecule has 0 saturated heterocycles. The zero-order chi connectivity index (χ0) is 29.2. The van der Waals surface area contributed by atoms with E-state index in [0.29, 0.717) is 78.6 Å². The van der Waals surface area contributed by atoms with Crippen molar-refractivity contribution in [2.24, 2.45) is 5.10 Å². The minimum atomic E-state index is -0.300. The number of carbonyl (C=O) groups is 2. The second-order valence-corrected chi connectivity index (χ2v) is 9.46. The first-order valence-electron chi connectivity index (χ1n) is 13.3. The summed E-state index contributed by atoms with van der Waals surface area (Å²) in [5.41, 5.74) is 4.57. The zero-order valence-electron chi connectivity index (χ0n) is 23.3. The Morgan fingerprint density at radius 3 is 2.52 bits per heavy atom. The highest BCUT2D eigenvalue weighted by Crippen LogP contribution is 2.26. The van der Waals surface area contributed by atoms with Crippen LogP contribution in [-0.2, 0) is 9.59 Å². The first kappa shape index (κ1) is 32.4. The third kappa shape index (κ3) is 11.9. The van der Waals surface area contributed by atoms with Crippen molar-refractivity contribution in [2.45, 2.75) is 45.6 Å². The lowest BCUT2D eigenvalue weighted by atomic mass is 10.1. The summed E-state index contributed by atoms with van der Waals surface area (Å²) in [6, 6.07) is 12.9. The molecule has 3 N–H and O–H groups in total. The standard InChI is InChI=1S/C29H38ClN5O5/c1-21(2)33-12-5-15-38-24-9-11-27(23(17-24)19-31)39-16-6-13-34-29(37)20-40-28-10-8-22(18-25(28)30)26(35-32-3)7-4-14-36/h8-11,14,17-18,21,32-33H,4-7,12-13,15-16,20H2,1-3H3,(H,34,37)/b35-26+. The molecule has 0 aliphatic heterocycles. The fourth-order valence-corrected chi connectivity index (χ4v) is 3.77. The SMILES string of the molecule is CN/N=C(\CCC=O)c1ccc(OCC(=O)NCCCOc2ccc(OCCCNC(C)C)cc2C#N)c(Cl)c1. The number of nitriles is 1. The molecule has 0 atom stereocenters. The van der Waals surface area contributed by atoms with Crippen LogP contribution in [0.15, 0.2) is 41.5 Å². The summed E-state index contributed by atoms with van der Waals surface area (Å²) in [7, 11) is 1.68. The molecule has 0 unspecified atom stereocenters. The molecule has 2 rings (SSSR count). The Labute approximate surface area is 241 Å². The monoisotopic (exact) mass is 571 g/mol. The molecule has 11 heteroatoms. The van der Waals surface area contributed by atoms with Crippen LogP contribution in [0.5, 0.6) is 17.2 Å². The number of hydrogen-bond acceptors (Lipinski definition) is 9. The molecule has 2 aromatic rings. The molecule has 0 fully saturated rings. The average Bonchev–Trinajstić information content (AvgIpc) is 2.94. The molecule has 1 amide bonds. The lowest BCUT2D eigenvalue weighted by Gasteiger charge is -2.12. The van der Waals surface area contributed by atoms with Crippen LogP contribution in [0.4, 0.5) is 0 Å². The summed E-state index contributed by atoms with van der Waals surface area (Å²) >= 11 is 6.33. The molecule has 0 spiro atoms. The van der Waals surface area contributed by atoms with Crippen LogP contribution in [0.1, 0.15) is 50.7 Å². The van der Waals surface area contributed by atoms with Gasteiger partial charge in [-0.05, 0) is 61.7 Å². The van der Waals surface area contributed by atoms with Crippen LogP contribution in [0.25, 0.3) is 0 Å². The van der Waals surface area contributed by atoms with Gasteiger partial charge in [-0.25, -0.2) is 0 Å². The molecule has 2 aromatic carbocycles. The van der Waals surface area contributed by atoms with Gasteiger partial charge < -0.3 is 35.1 Å². The molecular weight excluding hydrogens is 534 g/mol. The maximum Gasteiger partial charge on any atom is 0.257 e. The summed E-state index contributed by atoms with van der Waals surface area (Å²) in [6.07, 6.45) is 3.06. The summed E-state index contributed by atoms with van der Waals surface area (Å²) < 4.78 is 17.0. The Morgan fingerprint density at radius 1 is 1.07 bits per heavy atom. The number of nitrogens with zero attached hydrogens (tertiary/aromatic N) is 2. The number of aldehydes is 1. The van der Waals surface area contributed by atoms with E-state index in [1.807, 2.05) is 0 Å². The van der Waals surface area contributed by atoms with Gasteiger partial charge in [0, 0.05) is 32.1 Å². The van der Waals surface area contributed by atoms with Gasteiger partial charge >= 0.3 is 0 Å². The molecule has 40 heavy (non-hydrogen) atoms. The van der Waals surface area contributed by atoms with E-state index < -0.39 is 0 Å². The largest absolute Gasteiger partial charge is 0.493 e. The van der Waals surface area contributed by atoms with Gasteiger partial charge in [0.25, 0.3) is 5.91 Å². The molecular formula is C29H38ClN5O5. The molecule has 0 aliphatic rings. The number of carbonyl (C=O) groups excluding carboxylic acids is 2. The van der Waals surface area contributed by atoms with E-state index in [1.54, 1.807) is 43.4 Å². The number of hydrazone groups is 1. The van der Waals surface area contributed by atoms with Crippen LogP contribution in [0.2, 0.25) is 5.02 Å². The van der Waals surface area contributed by atoms with E-state index in [0.717, 1.165) is 24.8 Å². The highest BCUT2D eigenvalue weighted by molar-refractivity contribution is 6.32. The average molecular weight is 572 g/mol. The van der Waals surface area contributed by atoms with Gasteiger partial charge in [0.05, 0.1) is 29.5 Å². The van der Waals surface area contributed by atoms with Crippen molar-refractivity contribution in [3.05, 3.63) is 52.5 Å². The van der Waals surface area contributed by atoms with Crippen molar-refractivity contribution >= 4 is 29.5 Å². The molecule has 10 nitrogen and oxygen atoms in total. The van der Waals surface area contributed by atoms with E-state index in [2.05, 4.69) is 41.1 Å². The van der Waals surface area contributed by atoms with Crippen LogP contribution in [0, 0.1) is 11.3 Å². The Hall–Kier alpha value is -3.81. The number of ether oxygens (including phenoxy) is 3. The van der Waals surface area contributed by atoms with Crippen LogP contribution >= 0.6 is 11.6 Å². The van der Waals surface area contributed by atoms with Gasteiger partial charge in [0.15, 0.2) is 6.61 Å². The lowest BCUT2D eigenvalue weighted by Crippen LogP contribution is -2.30. The second-order valence-electron chi connectivity index (χ2n) is 9.05. The molecule has 0 saturated carbocycles. The van der Waals surface area contributed by atoms with Crippen molar-refractivity contribution in [1.29, 1.82) is 5.26 Å². The van der Waals surface area contributed by atoms with Crippen LogP contribution < -0.4 is 30.3 Å². The first-order valence-corrected chi connectivity index (χ1v) is 13.6. The van der Waals surface area contributed by atoms with Crippen LogP contribution in [0.3, 0.4) is 0 Å². The van der Waals surface area contributed by atoms with Gasteiger partial charge in [-0.3, -0.25) is 4.79 Å². The second kappa shape index (κ2) is 18.5. The Bertz CT molecular complexity index is 1170. The highest BCUT2D eigenvalue weighted by Gasteiger charge is 2.11. The third-order valence-electron chi connectivity index (χ3n) is 5.48. The minimum Gasteiger partial charge on any atom is -0.493 e. The summed E-state index contributed by atoms with van der Waals surface area (Å²) in [6.45, 7) is 6.12. The molecule has 216 valence electrons. The molecule has 0 heterocycles. The maximum atomic E-state index is 12.2. The van der Waals surface area contributed by atoms with Crippen molar-refractivity contribution in [2.75, 3.05) is 40.0 Å². The summed E-state index contributed by atoms with van der Waals surface area (Å²) in [5, 5.41) is 20.1. The molecule has 0 aromatic heterocycles. The van der Waals surface area contributed by atoms with Gasteiger partial charge in [-0.2, -0.15) is 10.4 Å². The first-order chi connectivity index (χ1) is 19.4.